The third kappa shape index (κ3) is 4.26. The lowest BCUT2D eigenvalue weighted by Crippen LogP contribution is -2.12. The predicted octanol–water partition coefficient (Wildman–Crippen LogP) is 4.34. The zero-order chi connectivity index (χ0) is 17.5. The van der Waals surface area contributed by atoms with Gasteiger partial charge in [0.25, 0.3) is 0 Å². The molecule has 0 aliphatic heterocycles. The third-order valence-corrected chi connectivity index (χ3v) is 4.54. The van der Waals surface area contributed by atoms with Crippen molar-refractivity contribution in [2.75, 3.05) is 21.0 Å². The second-order valence-corrected chi connectivity index (χ2v) is 6.19. The first-order chi connectivity index (χ1) is 11.6. The third-order valence-electron chi connectivity index (χ3n) is 4.54. The molecule has 24 heavy (non-hydrogen) atoms. The largest absolute Gasteiger partial charge is 0.496 e. The number of hydrogen-bond donors (Lipinski definition) is 0. The summed E-state index contributed by atoms with van der Waals surface area (Å²) in [5.74, 6) is 1.68. The molecule has 0 saturated heterocycles. The van der Waals surface area contributed by atoms with Crippen LogP contribution in [0.25, 0.3) is 0 Å². The van der Waals surface area contributed by atoms with E-state index >= 15 is 0 Å². The highest BCUT2D eigenvalue weighted by Crippen LogP contribution is 2.37. The minimum atomic E-state index is 0.0822. The highest BCUT2D eigenvalue weighted by Gasteiger charge is 2.21. The Balaban J connectivity index is 2.29. The minimum absolute atomic E-state index is 0.0822. The van der Waals surface area contributed by atoms with Crippen molar-refractivity contribution in [2.24, 2.45) is 5.92 Å². The van der Waals surface area contributed by atoms with Crippen LogP contribution < -0.4 is 9.47 Å². The fourth-order valence-corrected chi connectivity index (χ4v) is 3.08. The molecule has 1 aromatic carbocycles. The molecule has 130 valence electrons. The lowest BCUT2D eigenvalue weighted by atomic mass is 9.82. The van der Waals surface area contributed by atoms with E-state index in [0.29, 0.717) is 29.4 Å². The zero-order valence-electron chi connectivity index (χ0n) is 14.8. The first kappa shape index (κ1) is 18.3. The van der Waals surface area contributed by atoms with Crippen molar-refractivity contribution in [3.05, 3.63) is 47.1 Å². The molecule has 0 amide bonds. The minimum Gasteiger partial charge on any atom is -0.496 e. The average Bonchev–Trinajstić information content (AvgIpc) is 2.60. The maximum absolute atomic E-state index is 11.4. The molecule has 0 radical (unpaired) electrons. The summed E-state index contributed by atoms with van der Waals surface area (Å²) in [5.41, 5.74) is 3.94. The van der Waals surface area contributed by atoms with Gasteiger partial charge in [-0.25, -0.2) is 0 Å². The Hall–Kier alpha value is -2.07. The van der Waals surface area contributed by atoms with Gasteiger partial charge in [0.05, 0.1) is 12.7 Å². The van der Waals surface area contributed by atoms with Crippen molar-refractivity contribution in [1.82, 2.24) is 0 Å². The van der Waals surface area contributed by atoms with Crippen molar-refractivity contribution in [2.45, 2.75) is 32.6 Å². The van der Waals surface area contributed by atoms with Gasteiger partial charge in [0.15, 0.2) is 13.1 Å². The molecule has 1 aliphatic carbocycles. The molecule has 0 spiro atoms. The molecule has 1 atom stereocenters. The Kier molecular flexibility index (Phi) is 6.62. The summed E-state index contributed by atoms with van der Waals surface area (Å²) < 4.78 is 16.1. The van der Waals surface area contributed by atoms with E-state index in [0.717, 1.165) is 36.7 Å². The van der Waals surface area contributed by atoms with E-state index in [1.165, 1.54) is 5.57 Å². The first-order valence-corrected chi connectivity index (χ1v) is 8.20. The lowest BCUT2D eigenvalue weighted by molar-refractivity contribution is 0.0497. The van der Waals surface area contributed by atoms with E-state index in [9.17, 15) is 4.79 Å². The van der Waals surface area contributed by atoms with Crippen LogP contribution >= 0.6 is 0 Å². The van der Waals surface area contributed by atoms with E-state index in [1.54, 1.807) is 26.4 Å². The maximum Gasteiger partial charge on any atom is 0.188 e. The van der Waals surface area contributed by atoms with Crippen LogP contribution in [0.15, 0.2) is 35.9 Å². The summed E-state index contributed by atoms with van der Waals surface area (Å²) in [6.07, 6.45) is 6.97. The van der Waals surface area contributed by atoms with Crippen molar-refractivity contribution < 1.29 is 19.0 Å². The molecule has 4 heteroatoms. The van der Waals surface area contributed by atoms with Crippen LogP contribution in [0, 0.1) is 5.92 Å². The first-order valence-electron chi connectivity index (χ1n) is 8.20. The van der Waals surface area contributed by atoms with Crippen molar-refractivity contribution in [3.63, 3.8) is 0 Å². The zero-order valence-corrected chi connectivity index (χ0v) is 14.8. The van der Waals surface area contributed by atoms with E-state index in [1.807, 2.05) is 0 Å². The SMILES string of the molecule is C=C(Cc1c(OC)ccc(C=O)c1OCOC)[C@H]1CC=C(C)CC1. The monoisotopic (exact) mass is 330 g/mol. The van der Waals surface area contributed by atoms with Gasteiger partial charge in [0, 0.05) is 19.1 Å². The fraction of sp³-hybridized carbons (Fsp3) is 0.450. The number of hydrogen-bond acceptors (Lipinski definition) is 4. The van der Waals surface area contributed by atoms with Crippen LogP contribution in [0.5, 0.6) is 11.5 Å². The Morgan fingerprint density at radius 1 is 1.38 bits per heavy atom. The number of ether oxygens (including phenoxy) is 3. The molecule has 0 bridgehead atoms. The second-order valence-electron chi connectivity index (χ2n) is 6.19. The number of methoxy groups -OCH3 is 2. The van der Waals surface area contributed by atoms with E-state index in [-0.39, 0.29) is 6.79 Å². The number of benzene rings is 1. The molecule has 0 fully saturated rings. The molecule has 4 nitrogen and oxygen atoms in total. The maximum atomic E-state index is 11.4. The van der Waals surface area contributed by atoms with Gasteiger partial charge in [-0.1, -0.05) is 23.8 Å². The summed E-state index contributed by atoms with van der Waals surface area (Å²) in [6.45, 7) is 6.55. The van der Waals surface area contributed by atoms with Crippen LogP contribution in [0.4, 0.5) is 0 Å². The number of aldehydes is 1. The van der Waals surface area contributed by atoms with Crippen LogP contribution in [-0.4, -0.2) is 27.3 Å². The summed E-state index contributed by atoms with van der Waals surface area (Å²) >= 11 is 0. The van der Waals surface area contributed by atoms with Crippen molar-refractivity contribution >= 4 is 6.29 Å². The normalized spacial score (nSPS) is 17.1. The van der Waals surface area contributed by atoms with Gasteiger partial charge < -0.3 is 14.2 Å². The van der Waals surface area contributed by atoms with Gasteiger partial charge in [-0.05, 0) is 44.2 Å². The molecule has 0 heterocycles. The topological polar surface area (TPSA) is 44.8 Å². The quantitative estimate of drug-likeness (QED) is 0.404. The Labute approximate surface area is 144 Å². The van der Waals surface area contributed by atoms with Gasteiger partial charge in [-0.15, -0.1) is 0 Å². The molecule has 0 saturated carbocycles. The van der Waals surface area contributed by atoms with Gasteiger partial charge in [0.1, 0.15) is 11.5 Å². The standard InChI is InChI=1S/C20H26O4/c1-14-5-7-16(8-6-14)15(2)11-18-19(23-4)10-9-17(12-21)20(18)24-13-22-3/h5,9-10,12,16H,2,6-8,11,13H2,1,3-4H3/t16-/m0/s1. The van der Waals surface area contributed by atoms with Crippen LogP contribution in [0.3, 0.4) is 0 Å². The van der Waals surface area contributed by atoms with Crippen molar-refractivity contribution in [3.8, 4) is 11.5 Å². The molecule has 0 N–H and O–H groups in total. The molecule has 1 aliphatic rings. The number of rotatable bonds is 8. The van der Waals surface area contributed by atoms with Gasteiger partial charge in [0.2, 0.25) is 0 Å². The summed E-state index contributed by atoms with van der Waals surface area (Å²) in [5, 5.41) is 0. The van der Waals surface area contributed by atoms with E-state index in [2.05, 4.69) is 19.6 Å². The molecule has 0 aromatic heterocycles. The summed E-state index contributed by atoms with van der Waals surface area (Å²) in [6, 6.07) is 3.51. The molecule has 1 aromatic rings. The van der Waals surface area contributed by atoms with Gasteiger partial charge in [-0.2, -0.15) is 0 Å². The second kappa shape index (κ2) is 8.69. The fourth-order valence-electron chi connectivity index (χ4n) is 3.08. The summed E-state index contributed by atoms with van der Waals surface area (Å²) in [4.78, 5) is 11.4. The van der Waals surface area contributed by atoms with E-state index < -0.39 is 0 Å². The number of allylic oxidation sites excluding steroid dienone is 3. The Bertz CT molecular complexity index is 631. The summed E-state index contributed by atoms with van der Waals surface area (Å²) in [7, 11) is 3.17. The molecular formula is C20H26O4. The van der Waals surface area contributed by atoms with Crippen molar-refractivity contribution in [1.29, 1.82) is 0 Å². The number of carbonyl (C=O) groups is 1. The average molecular weight is 330 g/mol. The van der Waals surface area contributed by atoms with Gasteiger partial charge in [-0.3, -0.25) is 4.79 Å². The highest BCUT2D eigenvalue weighted by molar-refractivity contribution is 5.81. The van der Waals surface area contributed by atoms with Crippen LogP contribution in [0.2, 0.25) is 0 Å². The number of carbonyl (C=O) groups excluding carboxylic acids is 1. The smallest absolute Gasteiger partial charge is 0.188 e. The predicted molar refractivity (Wildman–Crippen MR) is 94.8 cm³/mol. The van der Waals surface area contributed by atoms with E-state index in [4.69, 9.17) is 14.2 Å². The van der Waals surface area contributed by atoms with Crippen LogP contribution in [-0.2, 0) is 11.2 Å². The Morgan fingerprint density at radius 3 is 2.75 bits per heavy atom. The molecular weight excluding hydrogens is 304 g/mol. The lowest BCUT2D eigenvalue weighted by Gasteiger charge is -2.24. The highest BCUT2D eigenvalue weighted by atomic mass is 16.7. The Morgan fingerprint density at radius 2 is 2.17 bits per heavy atom. The molecule has 0 unspecified atom stereocenters. The van der Waals surface area contributed by atoms with Crippen LogP contribution in [0.1, 0.15) is 42.1 Å². The van der Waals surface area contributed by atoms with Gasteiger partial charge >= 0.3 is 0 Å². The molecule has 2 rings (SSSR count).